The summed E-state index contributed by atoms with van der Waals surface area (Å²) in [6, 6.07) is 6.11. The zero-order chi connectivity index (χ0) is 14.9. The smallest absolute Gasteiger partial charge is 0.336 e. The molecule has 0 fully saturated rings. The topological polar surface area (TPSA) is 101 Å². The normalized spacial score (nSPS) is 10.2. The van der Waals surface area contributed by atoms with Gasteiger partial charge in [0.05, 0.1) is 10.5 Å². The lowest BCUT2D eigenvalue weighted by Gasteiger charge is -2.07. The van der Waals surface area contributed by atoms with E-state index in [2.05, 4.69) is 0 Å². The second-order valence-corrected chi connectivity index (χ2v) is 3.99. The number of nitro benzene ring substituents is 1. The largest absolute Gasteiger partial charge is 0.508 e. The summed E-state index contributed by atoms with van der Waals surface area (Å²) < 4.78 is 13.3. The first-order chi connectivity index (χ1) is 9.38. The fourth-order valence-electron chi connectivity index (χ4n) is 1.80. The summed E-state index contributed by atoms with van der Waals surface area (Å²) in [5, 5.41) is 29.1. The van der Waals surface area contributed by atoms with Gasteiger partial charge < -0.3 is 10.2 Å². The van der Waals surface area contributed by atoms with Gasteiger partial charge in [0.25, 0.3) is 5.69 Å². The van der Waals surface area contributed by atoms with Gasteiger partial charge in [0.15, 0.2) is 0 Å². The molecule has 0 unspecified atom stereocenters. The second kappa shape index (κ2) is 4.96. The summed E-state index contributed by atoms with van der Waals surface area (Å²) >= 11 is 0. The number of nitrogens with zero attached hydrogens (tertiary/aromatic N) is 1. The average Bonchev–Trinajstić information content (AvgIpc) is 2.36. The van der Waals surface area contributed by atoms with Crippen molar-refractivity contribution in [1.82, 2.24) is 0 Å². The van der Waals surface area contributed by atoms with Gasteiger partial charge in [0.2, 0.25) is 0 Å². The zero-order valence-corrected chi connectivity index (χ0v) is 9.91. The third-order valence-corrected chi connectivity index (χ3v) is 2.64. The minimum absolute atomic E-state index is 0.0403. The van der Waals surface area contributed by atoms with Crippen LogP contribution in [0.4, 0.5) is 10.1 Å². The molecule has 2 N–H and O–H groups in total. The number of non-ortho nitro benzene ring substituents is 1. The lowest BCUT2D eigenvalue weighted by Crippen LogP contribution is -2.01. The number of carboxylic acid groups (broad SMARTS) is 1. The quantitative estimate of drug-likeness (QED) is 0.663. The monoisotopic (exact) mass is 277 g/mol. The zero-order valence-electron chi connectivity index (χ0n) is 9.91. The molecule has 2 aromatic carbocycles. The van der Waals surface area contributed by atoms with Crippen molar-refractivity contribution >= 4 is 11.7 Å². The number of aromatic hydroxyl groups is 1. The summed E-state index contributed by atoms with van der Waals surface area (Å²) in [4.78, 5) is 21.2. The van der Waals surface area contributed by atoms with Crippen LogP contribution in [0.2, 0.25) is 0 Å². The molecule has 6 nitrogen and oxygen atoms in total. The van der Waals surface area contributed by atoms with Crippen LogP contribution in [0.15, 0.2) is 36.4 Å². The first kappa shape index (κ1) is 13.5. The Balaban J connectivity index is 2.71. The lowest BCUT2D eigenvalue weighted by molar-refractivity contribution is -0.384. The van der Waals surface area contributed by atoms with Crippen LogP contribution in [-0.4, -0.2) is 21.1 Å². The van der Waals surface area contributed by atoms with Crippen molar-refractivity contribution in [1.29, 1.82) is 0 Å². The maximum absolute atomic E-state index is 13.3. The molecule has 0 aliphatic carbocycles. The highest BCUT2D eigenvalue weighted by atomic mass is 19.1. The molecule has 20 heavy (non-hydrogen) atoms. The molecular formula is C13H8FNO5. The molecular weight excluding hydrogens is 269 g/mol. The molecule has 0 saturated heterocycles. The van der Waals surface area contributed by atoms with E-state index >= 15 is 0 Å². The van der Waals surface area contributed by atoms with Gasteiger partial charge in [-0.3, -0.25) is 10.1 Å². The Morgan fingerprint density at radius 2 is 1.90 bits per heavy atom. The van der Waals surface area contributed by atoms with Crippen molar-refractivity contribution in [2.24, 2.45) is 0 Å². The molecule has 0 aliphatic rings. The standard InChI is InChI=1S/C13H8FNO5/c14-8-3-7(4-10(16)5-8)12-6-9(15(19)20)1-2-11(12)13(17)18/h1-6,16H,(H,17,18). The van der Waals surface area contributed by atoms with E-state index in [1.165, 1.54) is 0 Å². The molecule has 2 rings (SSSR count). The summed E-state index contributed by atoms with van der Waals surface area (Å²) in [6.07, 6.45) is 0. The number of carbonyl (C=O) groups is 1. The van der Waals surface area contributed by atoms with Crippen molar-refractivity contribution in [2.45, 2.75) is 0 Å². The van der Waals surface area contributed by atoms with E-state index in [9.17, 15) is 24.4 Å². The number of hydrogen-bond acceptors (Lipinski definition) is 4. The molecule has 0 aliphatic heterocycles. The highest BCUT2D eigenvalue weighted by Gasteiger charge is 2.17. The number of carboxylic acids is 1. The van der Waals surface area contributed by atoms with E-state index in [-0.39, 0.29) is 22.4 Å². The Bertz CT molecular complexity index is 694. The molecule has 0 bridgehead atoms. The summed E-state index contributed by atoms with van der Waals surface area (Å²) in [7, 11) is 0. The molecule has 0 spiro atoms. The van der Waals surface area contributed by atoms with Crippen molar-refractivity contribution in [2.75, 3.05) is 0 Å². The number of nitro groups is 1. The lowest BCUT2D eigenvalue weighted by atomic mass is 9.98. The molecule has 0 radical (unpaired) electrons. The van der Waals surface area contributed by atoms with Gasteiger partial charge in [-0.1, -0.05) is 0 Å². The van der Waals surface area contributed by atoms with Gasteiger partial charge >= 0.3 is 5.97 Å². The summed E-state index contributed by atoms with van der Waals surface area (Å²) in [6.45, 7) is 0. The first-order valence-corrected chi connectivity index (χ1v) is 5.40. The number of phenols is 1. The Kier molecular flexibility index (Phi) is 3.34. The number of benzene rings is 2. The van der Waals surface area contributed by atoms with Crippen molar-refractivity contribution in [3.05, 3.63) is 57.9 Å². The molecule has 0 amide bonds. The van der Waals surface area contributed by atoms with Crippen molar-refractivity contribution < 1.29 is 24.3 Å². The summed E-state index contributed by atoms with van der Waals surface area (Å²) in [5.41, 5.74) is -0.542. The van der Waals surface area contributed by atoms with E-state index < -0.39 is 22.5 Å². The Labute approximate surface area is 111 Å². The molecule has 0 atom stereocenters. The number of halogens is 1. The van der Waals surface area contributed by atoms with Gasteiger partial charge in [-0.05, 0) is 23.8 Å². The van der Waals surface area contributed by atoms with Crippen molar-refractivity contribution in [3.63, 3.8) is 0 Å². The highest BCUT2D eigenvalue weighted by molar-refractivity contribution is 5.96. The van der Waals surface area contributed by atoms with Crippen LogP contribution in [0, 0.1) is 15.9 Å². The molecule has 0 aromatic heterocycles. The maximum atomic E-state index is 13.3. The number of aromatic carboxylic acids is 1. The fourth-order valence-corrected chi connectivity index (χ4v) is 1.80. The third-order valence-electron chi connectivity index (χ3n) is 2.64. The Morgan fingerprint density at radius 3 is 2.45 bits per heavy atom. The third kappa shape index (κ3) is 2.56. The van der Waals surface area contributed by atoms with Gasteiger partial charge in [-0.15, -0.1) is 0 Å². The van der Waals surface area contributed by atoms with Gasteiger partial charge in [0.1, 0.15) is 11.6 Å². The Hall–Kier alpha value is -2.96. The van der Waals surface area contributed by atoms with E-state index in [4.69, 9.17) is 5.11 Å². The molecule has 7 heteroatoms. The Morgan fingerprint density at radius 1 is 1.20 bits per heavy atom. The predicted molar refractivity (Wildman–Crippen MR) is 67.1 cm³/mol. The minimum atomic E-state index is -1.31. The van der Waals surface area contributed by atoms with Crippen LogP contribution in [0.25, 0.3) is 11.1 Å². The number of hydrogen-bond donors (Lipinski definition) is 2. The molecule has 0 saturated carbocycles. The van der Waals surface area contributed by atoms with Crippen LogP contribution in [0.5, 0.6) is 5.75 Å². The minimum Gasteiger partial charge on any atom is -0.508 e. The van der Waals surface area contributed by atoms with E-state index in [1.807, 2.05) is 0 Å². The fraction of sp³-hybridized carbons (Fsp3) is 0. The van der Waals surface area contributed by atoms with E-state index in [1.54, 1.807) is 0 Å². The summed E-state index contributed by atoms with van der Waals surface area (Å²) in [5.74, 6) is -2.48. The van der Waals surface area contributed by atoms with Gasteiger partial charge in [-0.25, -0.2) is 9.18 Å². The van der Waals surface area contributed by atoms with Crippen LogP contribution < -0.4 is 0 Å². The number of rotatable bonds is 3. The van der Waals surface area contributed by atoms with E-state index in [0.717, 1.165) is 36.4 Å². The first-order valence-electron chi connectivity index (χ1n) is 5.40. The molecule has 0 heterocycles. The SMILES string of the molecule is O=C(O)c1ccc([N+](=O)[O-])cc1-c1cc(O)cc(F)c1. The number of phenolic OH excluding ortho intramolecular Hbond substituents is 1. The maximum Gasteiger partial charge on any atom is 0.336 e. The molecule has 2 aromatic rings. The van der Waals surface area contributed by atoms with Crippen LogP contribution in [0.3, 0.4) is 0 Å². The predicted octanol–water partition coefficient (Wildman–Crippen LogP) is 2.80. The van der Waals surface area contributed by atoms with Gasteiger partial charge in [-0.2, -0.15) is 0 Å². The highest BCUT2D eigenvalue weighted by Crippen LogP contribution is 2.31. The molecule has 102 valence electrons. The van der Waals surface area contributed by atoms with Crippen molar-refractivity contribution in [3.8, 4) is 16.9 Å². The van der Waals surface area contributed by atoms with Gasteiger partial charge in [0, 0.05) is 23.8 Å². The van der Waals surface area contributed by atoms with E-state index in [0.29, 0.717) is 0 Å². The van der Waals surface area contributed by atoms with Crippen LogP contribution in [0.1, 0.15) is 10.4 Å². The average molecular weight is 277 g/mol. The van der Waals surface area contributed by atoms with Crippen LogP contribution in [-0.2, 0) is 0 Å². The second-order valence-electron chi connectivity index (χ2n) is 3.99. The van der Waals surface area contributed by atoms with Crippen LogP contribution >= 0.6 is 0 Å².